The molecule has 0 heterocycles. The fraction of sp³-hybridized carbons (Fsp3) is 0.300. The number of para-hydroxylation sites is 1. The fourth-order valence-corrected chi connectivity index (χ4v) is 2.45. The summed E-state index contributed by atoms with van der Waals surface area (Å²) in [5, 5.41) is 2.69. The molecule has 0 saturated carbocycles. The molecule has 1 amide bonds. The smallest absolute Gasteiger partial charge is 0.339 e. The zero-order valence-corrected chi connectivity index (χ0v) is 15.0. The molecule has 0 bridgehead atoms. The molecule has 0 fully saturated rings. The lowest BCUT2D eigenvalue weighted by Crippen LogP contribution is -2.22. The highest BCUT2D eigenvalue weighted by atomic mass is 16.5. The maximum atomic E-state index is 12.2. The van der Waals surface area contributed by atoms with Gasteiger partial charge in [-0.25, -0.2) is 4.79 Å². The van der Waals surface area contributed by atoms with E-state index in [2.05, 4.69) is 19.2 Å². The van der Waals surface area contributed by atoms with Gasteiger partial charge in [0.1, 0.15) is 5.75 Å². The van der Waals surface area contributed by atoms with Crippen LogP contribution >= 0.6 is 0 Å². The van der Waals surface area contributed by atoms with Crippen LogP contribution in [0.4, 0.5) is 5.69 Å². The number of rotatable bonds is 6. The van der Waals surface area contributed by atoms with Gasteiger partial charge in [-0.15, -0.1) is 0 Å². The molecule has 2 rings (SSSR count). The van der Waals surface area contributed by atoms with Gasteiger partial charge < -0.3 is 14.8 Å². The van der Waals surface area contributed by atoms with Crippen LogP contribution in [-0.2, 0) is 9.53 Å². The van der Waals surface area contributed by atoms with Crippen LogP contribution in [-0.4, -0.2) is 25.6 Å². The van der Waals surface area contributed by atoms with Crippen LogP contribution in [0.3, 0.4) is 0 Å². The van der Waals surface area contributed by atoms with Crippen LogP contribution in [0.1, 0.15) is 41.3 Å². The number of aryl methyl sites for hydroxylation is 1. The molecule has 0 unspecified atom stereocenters. The predicted molar refractivity (Wildman–Crippen MR) is 97.2 cm³/mol. The number of amides is 1. The van der Waals surface area contributed by atoms with Gasteiger partial charge in [0.2, 0.25) is 0 Å². The van der Waals surface area contributed by atoms with E-state index in [9.17, 15) is 9.59 Å². The minimum absolute atomic E-state index is 0.140. The van der Waals surface area contributed by atoms with Gasteiger partial charge in [-0.1, -0.05) is 38.1 Å². The van der Waals surface area contributed by atoms with Gasteiger partial charge in [-0.3, -0.25) is 4.79 Å². The van der Waals surface area contributed by atoms with Crippen LogP contribution in [0.25, 0.3) is 0 Å². The third-order valence-electron chi connectivity index (χ3n) is 3.76. The van der Waals surface area contributed by atoms with Crippen LogP contribution in [0.15, 0.2) is 42.5 Å². The molecule has 0 spiro atoms. The number of anilines is 1. The minimum Gasteiger partial charge on any atom is -0.483 e. The molecule has 5 nitrogen and oxygen atoms in total. The molecule has 5 heteroatoms. The quantitative estimate of drug-likeness (QED) is 0.809. The molecule has 0 saturated heterocycles. The average Bonchev–Trinajstić information content (AvgIpc) is 2.59. The monoisotopic (exact) mass is 341 g/mol. The Morgan fingerprint density at radius 3 is 2.52 bits per heavy atom. The topological polar surface area (TPSA) is 64.6 Å². The molecule has 0 radical (unpaired) electrons. The normalized spacial score (nSPS) is 10.4. The van der Waals surface area contributed by atoms with Gasteiger partial charge in [-0.05, 0) is 42.2 Å². The summed E-state index contributed by atoms with van der Waals surface area (Å²) in [6.07, 6.45) is 0. The first-order valence-electron chi connectivity index (χ1n) is 8.13. The third-order valence-corrected chi connectivity index (χ3v) is 3.76. The molecule has 2 aromatic carbocycles. The van der Waals surface area contributed by atoms with Crippen LogP contribution in [0.5, 0.6) is 5.75 Å². The first-order chi connectivity index (χ1) is 11.9. The molecule has 0 aliphatic rings. The van der Waals surface area contributed by atoms with E-state index in [1.165, 1.54) is 7.11 Å². The lowest BCUT2D eigenvalue weighted by molar-refractivity contribution is -0.118. The van der Waals surface area contributed by atoms with Crippen molar-refractivity contribution < 1.29 is 19.1 Å². The Morgan fingerprint density at radius 1 is 1.12 bits per heavy atom. The van der Waals surface area contributed by atoms with Crippen LogP contribution in [0, 0.1) is 6.92 Å². The molecular weight excluding hydrogens is 318 g/mol. The molecule has 132 valence electrons. The molecule has 2 aromatic rings. The molecule has 0 aliphatic carbocycles. The number of hydrogen-bond acceptors (Lipinski definition) is 4. The molecule has 1 N–H and O–H groups in total. The second-order valence-electron chi connectivity index (χ2n) is 6.07. The van der Waals surface area contributed by atoms with Crippen molar-refractivity contribution in [2.75, 3.05) is 19.0 Å². The van der Waals surface area contributed by atoms with Crippen LogP contribution < -0.4 is 10.1 Å². The maximum absolute atomic E-state index is 12.2. The number of carbonyl (C=O) groups is 2. The van der Waals surface area contributed by atoms with E-state index in [4.69, 9.17) is 9.47 Å². The highest BCUT2D eigenvalue weighted by molar-refractivity contribution is 6.01. The molecule has 25 heavy (non-hydrogen) atoms. The van der Waals surface area contributed by atoms with E-state index >= 15 is 0 Å². The SMILES string of the molecule is COC(=O)c1ccccc1NC(=O)COc1cc(C)ccc1C(C)C. The Kier molecular flexibility index (Phi) is 6.17. The summed E-state index contributed by atoms with van der Waals surface area (Å²) < 4.78 is 10.4. The highest BCUT2D eigenvalue weighted by Gasteiger charge is 2.14. The number of methoxy groups -OCH3 is 1. The van der Waals surface area contributed by atoms with Crippen molar-refractivity contribution in [1.82, 2.24) is 0 Å². The van der Waals surface area contributed by atoms with E-state index in [1.54, 1.807) is 24.3 Å². The standard InChI is InChI=1S/C20H23NO4/c1-13(2)15-10-9-14(3)11-18(15)25-12-19(22)21-17-8-6-5-7-16(17)20(23)24-4/h5-11,13H,12H2,1-4H3,(H,21,22). The zero-order valence-electron chi connectivity index (χ0n) is 15.0. The number of nitrogens with one attached hydrogen (secondary N) is 1. The molecular formula is C20H23NO4. The van der Waals surface area contributed by atoms with Crippen molar-refractivity contribution in [3.8, 4) is 5.75 Å². The lowest BCUT2D eigenvalue weighted by Gasteiger charge is -2.15. The van der Waals surface area contributed by atoms with Gasteiger partial charge >= 0.3 is 5.97 Å². The van der Waals surface area contributed by atoms with E-state index < -0.39 is 5.97 Å². The van der Waals surface area contributed by atoms with Gasteiger partial charge in [0, 0.05) is 0 Å². The Morgan fingerprint density at radius 2 is 1.84 bits per heavy atom. The maximum Gasteiger partial charge on any atom is 0.339 e. The van der Waals surface area contributed by atoms with Gasteiger partial charge in [0.15, 0.2) is 6.61 Å². The van der Waals surface area contributed by atoms with Crippen molar-refractivity contribution in [1.29, 1.82) is 0 Å². The summed E-state index contributed by atoms with van der Waals surface area (Å²) >= 11 is 0. The van der Waals surface area contributed by atoms with E-state index in [-0.39, 0.29) is 12.5 Å². The zero-order chi connectivity index (χ0) is 18.4. The van der Waals surface area contributed by atoms with Gasteiger partial charge in [0.05, 0.1) is 18.4 Å². The molecule has 0 atom stereocenters. The minimum atomic E-state index is -0.502. The Bertz CT molecular complexity index is 768. The summed E-state index contributed by atoms with van der Waals surface area (Å²) in [4.78, 5) is 24.0. The fourth-order valence-electron chi connectivity index (χ4n) is 2.45. The van der Waals surface area contributed by atoms with E-state index in [0.717, 1.165) is 11.1 Å². The average molecular weight is 341 g/mol. The number of esters is 1. The summed E-state index contributed by atoms with van der Waals surface area (Å²) in [6.45, 7) is 5.98. The lowest BCUT2D eigenvalue weighted by atomic mass is 10.0. The van der Waals surface area contributed by atoms with Crippen LogP contribution in [0.2, 0.25) is 0 Å². The first-order valence-corrected chi connectivity index (χ1v) is 8.13. The van der Waals surface area contributed by atoms with Gasteiger partial charge in [0.25, 0.3) is 5.91 Å². The Hall–Kier alpha value is -2.82. The summed E-state index contributed by atoms with van der Waals surface area (Å²) in [5.41, 5.74) is 2.82. The second kappa shape index (κ2) is 8.33. The van der Waals surface area contributed by atoms with Crippen molar-refractivity contribution in [2.24, 2.45) is 0 Å². The largest absolute Gasteiger partial charge is 0.483 e. The number of ether oxygens (including phenoxy) is 2. The summed E-state index contributed by atoms with van der Waals surface area (Å²) in [7, 11) is 1.30. The predicted octanol–water partition coefficient (Wildman–Crippen LogP) is 3.92. The van der Waals surface area contributed by atoms with Crippen molar-refractivity contribution in [3.63, 3.8) is 0 Å². The van der Waals surface area contributed by atoms with E-state index in [0.29, 0.717) is 22.9 Å². The number of carbonyl (C=O) groups excluding carboxylic acids is 2. The first kappa shape index (κ1) is 18.5. The summed E-state index contributed by atoms with van der Waals surface area (Å²) in [5.74, 6) is 0.148. The summed E-state index contributed by atoms with van der Waals surface area (Å²) in [6, 6.07) is 12.6. The number of benzene rings is 2. The van der Waals surface area contributed by atoms with Crippen molar-refractivity contribution >= 4 is 17.6 Å². The highest BCUT2D eigenvalue weighted by Crippen LogP contribution is 2.27. The van der Waals surface area contributed by atoms with Crippen molar-refractivity contribution in [2.45, 2.75) is 26.7 Å². The Labute approximate surface area is 148 Å². The van der Waals surface area contributed by atoms with Crippen molar-refractivity contribution in [3.05, 3.63) is 59.2 Å². The number of hydrogen-bond donors (Lipinski definition) is 1. The third kappa shape index (κ3) is 4.83. The molecule has 0 aliphatic heterocycles. The van der Waals surface area contributed by atoms with Gasteiger partial charge in [-0.2, -0.15) is 0 Å². The molecule has 0 aromatic heterocycles. The second-order valence-corrected chi connectivity index (χ2v) is 6.07. The van der Waals surface area contributed by atoms with E-state index in [1.807, 2.05) is 25.1 Å². The Balaban J connectivity index is 2.08.